The van der Waals surface area contributed by atoms with Gasteiger partial charge < -0.3 is 10.0 Å². The Morgan fingerprint density at radius 3 is 2.61 bits per heavy atom. The fourth-order valence-electron chi connectivity index (χ4n) is 3.31. The summed E-state index contributed by atoms with van der Waals surface area (Å²) in [6.07, 6.45) is 3.95. The van der Waals surface area contributed by atoms with E-state index in [0.29, 0.717) is 0 Å². The smallest absolute Gasteiger partial charge is 0.100 e. The van der Waals surface area contributed by atoms with Gasteiger partial charge in [0.1, 0.15) is 6.33 Å². The Kier molecular flexibility index (Phi) is 3.54. The maximum Gasteiger partial charge on any atom is 0.100 e. The molecule has 4 heteroatoms. The van der Waals surface area contributed by atoms with Gasteiger partial charge in [0.15, 0.2) is 0 Å². The summed E-state index contributed by atoms with van der Waals surface area (Å²) in [4.78, 5) is 6.94. The lowest BCUT2D eigenvalue weighted by molar-refractivity contribution is 0.199. The summed E-state index contributed by atoms with van der Waals surface area (Å²) >= 11 is 0. The number of nitrogens with zero attached hydrogens (tertiary/aromatic N) is 3. The number of hydrogen-bond acceptors (Lipinski definition) is 3. The Morgan fingerprint density at radius 1 is 1.04 bits per heavy atom. The summed E-state index contributed by atoms with van der Waals surface area (Å²) in [6, 6.07) is 14.6. The van der Waals surface area contributed by atoms with Gasteiger partial charge in [-0.25, -0.2) is 4.98 Å². The van der Waals surface area contributed by atoms with Crippen LogP contribution in [0.15, 0.2) is 48.8 Å². The zero-order chi connectivity index (χ0) is 15.8. The summed E-state index contributed by atoms with van der Waals surface area (Å²) in [5.41, 5.74) is 5.28. The van der Waals surface area contributed by atoms with Crippen molar-refractivity contribution < 1.29 is 5.11 Å². The maximum atomic E-state index is 9.72. The number of rotatable bonds is 3. The number of anilines is 1. The first-order valence-corrected chi connectivity index (χ1v) is 8.23. The average Bonchev–Trinajstić information content (AvgIpc) is 3.24. The normalized spacial score (nSPS) is 16.2. The van der Waals surface area contributed by atoms with Gasteiger partial charge in [-0.1, -0.05) is 12.1 Å². The molecule has 0 saturated carbocycles. The molecule has 118 valence electrons. The molecule has 0 aliphatic carbocycles. The van der Waals surface area contributed by atoms with E-state index in [1.54, 1.807) is 6.92 Å². The van der Waals surface area contributed by atoms with Crippen LogP contribution in [0.3, 0.4) is 0 Å². The predicted molar refractivity (Wildman–Crippen MR) is 93.2 cm³/mol. The van der Waals surface area contributed by atoms with Crippen LogP contribution in [0.25, 0.3) is 16.7 Å². The van der Waals surface area contributed by atoms with Crippen molar-refractivity contribution in [1.29, 1.82) is 0 Å². The van der Waals surface area contributed by atoms with Crippen LogP contribution < -0.4 is 4.90 Å². The van der Waals surface area contributed by atoms with Crippen molar-refractivity contribution in [3.05, 3.63) is 54.4 Å². The van der Waals surface area contributed by atoms with Crippen LogP contribution >= 0.6 is 0 Å². The monoisotopic (exact) mass is 307 g/mol. The van der Waals surface area contributed by atoms with Crippen LogP contribution in [-0.4, -0.2) is 27.7 Å². The molecule has 23 heavy (non-hydrogen) atoms. The standard InChI is InChI=1S/C19H21N3O/c1-14(23)15-7-8-19-18(11-15)20-13-22(19)17-6-4-5-16(12-17)21-9-2-3-10-21/h4-8,11-14,23H,2-3,9-10H2,1H3. The molecule has 2 aromatic carbocycles. The first-order valence-electron chi connectivity index (χ1n) is 8.23. The van der Waals surface area contributed by atoms with Crippen molar-refractivity contribution in [3.8, 4) is 5.69 Å². The van der Waals surface area contributed by atoms with Gasteiger partial charge >= 0.3 is 0 Å². The van der Waals surface area contributed by atoms with E-state index in [1.165, 1.54) is 18.5 Å². The second-order valence-corrected chi connectivity index (χ2v) is 6.25. The quantitative estimate of drug-likeness (QED) is 0.802. The molecule has 1 saturated heterocycles. The Morgan fingerprint density at radius 2 is 1.83 bits per heavy atom. The minimum absolute atomic E-state index is 0.469. The molecule has 1 unspecified atom stereocenters. The van der Waals surface area contributed by atoms with E-state index < -0.39 is 6.10 Å². The molecule has 0 radical (unpaired) electrons. The molecule has 1 fully saturated rings. The third-order valence-corrected chi connectivity index (χ3v) is 4.63. The Labute approximate surface area is 136 Å². The largest absolute Gasteiger partial charge is 0.389 e. The molecular weight excluding hydrogens is 286 g/mol. The average molecular weight is 307 g/mol. The number of hydrogen-bond donors (Lipinski definition) is 1. The van der Waals surface area contributed by atoms with Crippen LogP contribution in [0.5, 0.6) is 0 Å². The fraction of sp³-hybridized carbons (Fsp3) is 0.316. The number of aliphatic hydroxyl groups excluding tert-OH is 1. The van der Waals surface area contributed by atoms with Crippen molar-refractivity contribution in [2.24, 2.45) is 0 Å². The highest BCUT2D eigenvalue weighted by Crippen LogP contribution is 2.26. The van der Waals surface area contributed by atoms with Crippen molar-refractivity contribution in [2.45, 2.75) is 25.9 Å². The first-order chi connectivity index (χ1) is 11.2. The lowest BCUT2D eigenvalue weighted by atomic mass is 10.1. The summed E-state index contributed by atoms with van der Waals surface area (Å²) in [5.74, 6) is 0. The molecule has 1 aromatic heterocycles. The number of benzene rings is 2. The number of imidazole rings is 1. The van der Waals surface area contributed by atoms with E-state index in [1.807, 2.05) is 24.5 Å². The van der Waals surface area contributed by atoms with E-state index in [4.69, 9.17) is 0 Å². The zero-order valence-corrected chi connectivity index (χ0v) is 13.3. The second-order valence-electron chi connectivity index (χ2n) is 6.25. The summed E-state index contributed by atoms with van der Waals surface area (Å²) < 4.78 is 2.11. The van der Waals surface area contributed by atoms with Gasteiger partial charge in [0.25, 0.3) is 0 Å². The molecule has 4 nitrogen and oxygen atoms in total. The molecular formula is C19H21N3O. The molecule has 1 atom stereocenters. The van der Waals surface area contributed by atoms with E-state index >= 15 is 0 Å². The van der Waals surface area contributed by atoms with Crippen LogP contribution in [0.4, 0.5) is 5.69 Å². The fourth-order valence-corrected chi connectivity index (χ4v) is 3.31. The Hall–Kier alpha value is -2.33. The van der Waals surface area contributed by atoms with E-state index in [0.717, 1.165) is 35.4 Å². The van der Waals surface area contributed by atoms with Crippen molar-refractivity contribution in [1.82, 2.24) is 9.55 Å². The highest BCUT2D eigenvalue weighted by molar-refractivity contribution is 5.78. The third-order valence-electron chi connectivity index (χ3n) is 4.63. The van der Waals surface area contributed by atoms with Gasteiger partial charge in [0.05, 0.1) is 17.1 Å². The minimum Gasteiger partial charge on any atom is -0.389 e. The van der Waals surface area contributed by atoms with Gasteiger partial charge in [-0.3, -0.25) is 4.57 Å². The first kappa shape index (κ1) is 14.3. The van der Waals surface area contributed by atoms with E-state index in [-0.39, 0.29) is 0 Å². The van der Waals surface area contributed by atoms with Crippen molar-refractivity contribution in [3.63, 3.8) is 0 Å². The van der Waals surface area contributed by atoms with Crippen LogP contribution in [-0.2, 0) is 0 Å². The topological polar surface area (TPSA) is 41.3 Å². The minimum atomic E-state index is -0.469. The summed E-state index contributed by atoms with van der Waals surface area (Å²) in [6.45, 7) is 4.06. The Balaban J connectivity index is 1.75. The molecule has 0 spiro atoms. The molecule has 4 rings (SSSR count). The molecule has 0 amide bonds. The third kappa shape index (κ3) is 2.59. The molecule has 1 aliphatic rings. The Bertz CT molecular complexity index is 832. The highest BCUT2D eigenvalue weighted by atomic mass is 16.3. The summed E-state index contributed by atoms with van der Waals surface area (Å²) in [7, 11) is 0. The van der Waals surface area contributed by atoms with Crippen LogP contribution in [0.1, 0.15) is 31.4 Å². The molecule has 1 aliphatic heterocycles. The van der Waals surface area contributed by atoms with E-state index in [9.17, 15) is 5.11 Å². The van der Waals surface area contributed by atoms with Crippen LogP contribution in [0, 0.1) is 0 Å². The summed E-state index contributed by atoms with van der Waals surface area (Å²) in [5, 5.41) is 9.72. The van der Waals surface area contributed by atoms with Crippen LogP contribution in [0.2, 0.25) is 0 Å². The molecule has 1 N–H and O–H groups in total. The van der Waals surface area contributed by atoms with Crippen molar-refractivity contribution >= 4 is 16.7 Å². The number of fused-ring (bicyclic) bond motifs is 1. The molecule has 3 aromatic rings. The lowest BCUT2D eigenvalue weighted by Crippen LogP contribution is -2.17. The van der Waals surface area contributed by atoms with Gasteiger partial charge in [-0.15, -0.1) is 0 Å². The predicted octanol–water partition coefficient (Wildman–Crippen LogP) is 3.68. The SMILES string of the molecule is CC(O)c1ccc2c(c1)ncn2-c1cccc(N2CCCC2)c1. The molecule has 2 heterocycles. The second kappa shape index (κ2) is 5.70. The molecule has 0 bridgehead atoms. The number of aromatic nitrogens is 2. The zero-order valence-electron chi connectivity index (χ0n) is 13.3. The van der Waals surface area contributed by atoms with Gasteiger partial charge in [-0.2, -0.15) is 0 Å². The number of aliphatic hydroxyl groups is 1. The lowest BCUT2D eigenvalue weighted by Gasteiger charge is -2.18. The van der Waals surface area contributed by atoms with Crippen molar-refractivity contribution in [2.75, 3.05) is 18.0 Å². The maximum absolute atomic E-state index is 9.72. The van der Waals surface area contributed by atoms with E-state index in [2.05, 4.69) is 38.7 Å². The van der Waals surface area contributed by atoms with Gasteiger partial charge in [-0.05, 0) is 55.7 Å². The van der Waals surface area contributed by atoms with Gasteiger partial charge in [0.2, 0.25) is 0 Å². The highest BCUT2D eigenvalue weighted by Gasteiger charge is 2.13. The van der Waals surface area contributed by atoms with Gasteiger partial charge in [0, 0.05) is 24.5 Å².